The summed E-state index contributed by atoms with van der Waals surface area (Å²) in [5, 5.41) is 9.66. The van der Waals surface area contributed by atoms with Crippen LogP contribution in [0.5, 0.6) is 11.5 Å². The number of hydrogen-bond acceptors (Lipinski definition) is 4. The predicted octanol–water partition coefficient (Wildman–Crippen LogP) is 4.96. The molecule has 0 unspecified atom stereocenters. The molecule has 0 saturated heterocycles. The fourth-order valence-corrected chi connectivity index (χ4v) is 2.76. The van der Waals surface area contributed by atoms with Gasteiger partial charge in [0.1, 0.15) is 22.7 Å². The van der Waals surface area contributed by atoms with Gasteiger partial charge in [0, 0.05) is 11.1 Å². The first-order chi connectivity index (χ1) is 12.2. The van der Waals surface area contributed by atoms with Crippen molar-refractivity contribution in [2.75, 3.05) is 14.2 Å². The van der Waals surface area contributed by atoms with E-state index in [2.05, 4.69) is 11.1 Å². The number of methoxy groups -OCH3 is 2. The van der Waals surface area contributed by atoms with E-state index in [0.717, 1.165) is 28.2 Å². The Morgan fingerprint density at radius 3 is 1.88 bits per heavy atom. The predicted molar refractivity (Wildman–Crippen MR) is 97.9 cm³/mol. The minimum atomic E-state index is 0.182. The summed E-state index contributed by atoms with van der Waals surface area (Å²) in [6.45, 7) is 0. The average molecular weight is 351 g/mol. The lowest BCUT2D eigenvalue weighted by Crippen LogP contribution is -1.93. The highest BCUT2D eigenvalue weighted by Gasteiger charge is 2.14. The molecular weight excluding hydrogens is 336 g/mol. The van der Waals surface area contributed by atoms with Crippen molar-refractivity contribution in [3.05, 3.63) is 65.3 Å². The van der Waals surface area contributed by atoms with E-state index >= 15 is 0 Å². The van der Waals surface area contributed by atoms with Gasteiger partial charge in [-0.3, -0.25) is 0 Å². The largest absolute Gasteiger partial charge is 0.497 e. The van der Waals surface area contributed by atoms with Gasteiger partial charge in [-0.2, -0.15) is 5.26 Å². The summed E-state index contributed by atoms with van der Waals surface area (Å²) < 4.78 is 10.4. The third kappa shape index (κ3) is 3.42. The Bertz CT molecular complexity index is 930. The van der Waals surface area contributed by atoms with Crippen LogP contribution in [0, 0.1) is 11.3 Å². The molecule has 0 aliphatic heterocycles. The average Bonchev–Trinajstić information content (AvgIpc) is 2.67. The maximum Gasteiger partial charge on any atom is 0.148 e. The molecule has 0 amide bonds. The number of pyridine rings is 1. The van der Waals surface area contributed by atoms with Crippen LogP contribution < -0.4 is 9.47 Å². The zero-order valence-corrected chi connectivity index (χ0v) is 14.5. The Labute approximate surface area is 151 Å². The molecule has 0 N–H and O–H groups in total. The summed E-state index contributed by atoms with van der Waals surface area (Å²) in [7, 11) is 3.23. The van der Waals surface area contributed by atoms with Gasteiger partial charge >= 0.3 is 0 Å². The highest BCUT2D eigenvalue weighted by molar-refractivity contribution is 6.31. The van der Waals surface area contributed by atoms with Crippen molar-refractivity contribution in [1.29, 1.82) is 5.26 Å². The Kier molecular flexibility index (Phi) is 4.87. The third-order valence-corrected chi connectivity index (χ3v) is 4.15. The molecule has 0 aliphatic rings. The van der Waals surface area contributed by atoms with E-state index in [-0.39, 0.29) is 5.15 Å². The SMILES string of the molecule is COc1ccc(-c2cc(-c3ccc(OC)cc3)c(C#N)c(Cl)n2)cc1. The van der Waals surface area contributed by atoms with E-state index in [1.54, 1.807) is 14.2 Å². The number of hydrogen-bond donors (Lipinski definition) is 0. The summed E-state index contributed by atoms with van der Waals surface area (Å²) in [6, 6.07) is 19.0. The molecule has 0 aliphatic carbocycles. The molecule has 4 nitrogen and oxygen atoms in total. The van der Waals surface area contributed by atoms with Crippen molar-refractivity contribution in [3.63, 3.8) is 0 Å². The molecule has 0 saturated carbocycles. The fourth-order valence-electron chi connectivity index (χ4n) is 2.53. The molecule has 0 spiro atoms. The summed E-state index contributed by atoms with van der Waals surface area (Å²) in [5.74, 6) is 1.51. The second-order valence-corrected chi connectivity index (χ2v) is 5.65. The Balaban J connectivity index is 2.12. The van der Waals surface area contributed by atoms with Crippen LogP contribution in [0.25, 0.3) is 22.4 Å². The maximum absolute atomic E-state index is 9.48. The molecule has 2 aromatic carbocycles. The van der Waals surface area contributed by atoms with Crippen LogP contribution >= 0.6 is 11.6 Å². The normalized spacial score (nSPS) is 10.2. The number of nitrogens with zero attached hydrogens (tertiary/aromatic N) is 2. The molecular formula is C20H15ClN2O2. The molecule has 3 rings (SSSR count). The highest BCUT2D eigenvalue weighted by Crippen LogP contribution is 2.33. The molecule has 1 heterocycles. The minimum Gasteiger partial charge on any atom is -0.497 e. The van der Waals surface area contributed by atoms with Gasteiger partial charge in [-0.25, -0.2) is 4.98 Å². The van der Waals surface area contributed by atoms with Gasteiger partial charge < -0.3 is 9.47 Å². The lowest BCUT2D eigenvalue weighted by molar-refractivity contribution is 0.415. The van der Waals surface area contributed by atoms with Gasteiger partial charge in [-0.15, -0.1) is 0 Å². The zero-order chi connectivity index (χ0) is 17.8. The van der Waals surface area contributed by atoms with Crippen LogP contribution in [-0.2, 0) is 0 Å². The summed E-state index contributed by atoms with van der Waals surface area (Å²) in [4.78, 5) is 4.37. The standard InChI is InChI=1S/C20H15ClN2O2/c1-24-15-7-3-13(4-8-15)17-11-19(23-20(21)18(17)12-22)14-5-9-16(25-2)10-6-14/h3-11H,1-2H3. The number of nitriles is 1. The molecule has 0 bridgehead atoms. The van der Waals surface area contributed by atoms with Gasteiger partial charge in [0.25, 0.3) is 0 Å². The van der Waals surface area contributed by atoms with E-state index in [1.165, 1.54) is 0 Å². The van der Waals surface area contributed by atoms with Crippen molar-refractivity contribution in [3.8, 4) is 40.0 Å². The van der Waals surface area contributed by atoms with Crippen molar-refractivity contribution in [1.82, 2.24) is 4.98 Å². The lowest BCUT2D eigenvalue weighted by atomic mass is 9.99. The van der Waals surface area contributed by atoms with Crippen molar-refractivity contribution in [2.24, 2.45) is 0 Å². The van der Waals surface area contributed by atoms with Gasteiger partial charge in [0.15, 0.2) is 0 Å². The summed E-state index contributed by atoms with van der Waals surface area (Å²) in [6.07, 6.45) is 0. The van der Waals surface area contributed by atoms with E-state index in [4.69, 9.17) is 21.1 Å². The van der Waals surface area contributed by atoms with E-state index in [0.29, 0.717) is 11.3 Å². The maximum atomic E-state index is 9.48. The smallest absolute Gasteiger partial charge is 0.148 e. The van der Waals surface area contributed by atoms with Crippen LogP contribution in [0.1, 0.15) is 5.56 Å². The summed E-state index contributed by atoms with van der Waals surface area (Å²) in [5.41, 5.74) is 3.54. The third-order valence-electron chi connectivity index (χ3n) is 3.87. The van der Waals surface area contributed by atoms with Crippen LogP contribution in [0.3, 0.4) is 0 Å². The monoisotopic (exact) mass is 350 g/mol. The van der Waals surface area contributed by atoms with Crippen molar-refractivity contribution >= 4 is 11.6 Å². The molecule has 5 heteroatoms. The Morgan fingerprint density at radius 1 is 0.880 bits per heavy atom. The van der Waals surface area contributed by atoms with E-state index < -0.39 is 0 Å². The van der Waals surface area contributed by atoms with Crippen LogP contribution in [0.2, 0.25) is 5.15 Å². The molecule has 0 fully saturated rings. The van der Waals surface area contributed by atoms with E-state index in [9.17, 15) is 5.26 Å². The first kappa shape index (κ1) is 16.8. The molecule has 1 aromatic heterocycles. The van der Waals surface area contributed by atoms with Gasteiger partial charge in [-0.1, -0.05) is 23.7 Å². The lowest BCUT2D eigenvalue weighted by Gasteiger charge is -2.10. The van der Waals surface area contributed by atoms with Crippen molar-refractivity contribution < 1.29 is 9.47 Å². The molecule has 3 aromatic rings. The number of ether oxygens (including phenoxy) is 2. The first-order valence-corrected chi connectivity index (χ1v) is 7.93. The van der Waals surface area contributed by atoms with Crippen LogP contribution in [-0.4, -0.2) is 19.2 Å². The number of aromatic nitrogens is 1. The zero-order valence-electron chi connectivity index (χ0n) is 13.8. The second kappa shape index (κ2) is 7.25. The van der Waals surface area contributed by atoms with Crippen molar-refractivity contribution in [2.45, 2.75) is 0 Å². The molecule has 25 heavy (non-hydrogen) atoms. The second-order valence-electron chi connectivity index (χ2n) is 5.29. The molecule has 124 valence electrons. The summed E-state index contributed by atoms with van der Waals surface area (Å²) >= 11 is 6.27. The van der Waals surface area contributed by atoms with Gasteiger partial charge in [-0.05, 0) is 48.0 Å². The highest BCUT2D eigenvalue weighted by atomic mass is 35.5. The molecule has 0 radical (unpaired) electrons. The number of halogens is 1. The van der Waals surface area contributed by atoms with Crippen LogP contribution in [0.15, 0.2) is 54.6 Å². The molecule has 0 atom stereocenters. The fraction of sp³-hybridized carbons (Fsp3) is 0.100. The Morgan fingerprint density at radius 2 is 1.40 bits per heavy atom. The van der Waals surface area contributed by atoms with E-state index in [1.807, 2.05) is 54.6 Å². The number of benzene rings is 2. The van der Waals surface area contributed by atoms with Gasteiger partial charge in [0.05, 0.1) is 25.5 Å². The Hall–Kier alpha value is -3.03. The topological polar surface area (TPSA) is 55.1 Å². The van der Waals surface area contributed by atoms with Crippen LogP contribution in [0.4, 0.5) is 0 Å². The first-order valence-electron chi connectivity index (χ1n) is 7.55. The van der Waals surface area contributed by atoms with Gasteiger partial charge in [0.2, 0.25) is 0 Å². The quantitative estimate of drug-likeness (QED) is 0.624. The minimum absolute atomic E-state index is 0.182. The number of rotatable bonds is 4.